The molecule has 2 aliphatic rings. The van der Waals surface area contributed by atoms with E-state index in [2.05, 4.69) is 82.0 Å². The van der Waals surface area contributed by atoms with Crippen molar-refractivity contribution in [3.05, 3.63) is 65.7 Å². The molecule has 0 spiro atoms. The van der Waals surface area contributed by atoms with Gasteiger partial charge in [0.15, 0.2) is 5.96 Å². The molecule has 1 heterocycles. The SMILES string of the molecule is CN=C(NCC1CC1c1ccccc1)NC(C)c1cccc(N2CCCC2)c1.I. The van der Waals surface area contributed by atoms with Crippen molar-refractivity contribution in [2.24, 2.45) is 10.9 Å². The maximum Gasteiger partial charge on any atom is 0.191 e. The van der Waals surface area contributed by atoms with Crippen molar-refractivity contribution in [2.75, 3.05) is 31.6 Å². The quantitative estimate of drug-likeness (QED) is 0.333. The van der Waals surface area contributed by atoms with Crippen molar-refractivity contribution in [3.8, 4) is 0 Å². The topological polar surface area (TPSA) is 39.7 Å². The molecule has 0 radical (unpaired) electrons. The third kappa shape index (κ3) is 5.65. The highest BCUT2D eigenvalue weighted by atomic mass is 127. The van der Waals surface area contributed by atoms with Crippen molar-refractivity contribution in [3.63, 3.8) is 0 Å². The molecule has 1 saturated heterocycles. The molecule has 2 aromatic rings. The van der Waals surface area contributed by atoms with Gasteiger partial charge >= 0.3 is 0 Å². The first kappa shape index (κ1) is 21.9. The molecule has 1 aliphatic carbocycles. The molecule has 2 N–H and O–H groups in total. The average Bonchev–Trinajstić information content (AvgIpc) is 3.31. The molecule has 2 fully saturated rings. The van der Waals surface area contributed by atoms with Gasteiger partial charge < -0.3 is 15.5 Å². The number of anilines is 1. The summed E-state index contributed by atoms with van der Waals surface area (Å²) in [4.78, 5) is 6.92. The highest BCUT2D eigenvalue weighted by molar-refractivity contribution is 14.0. The number of nitrogens with zero attached hydrogens (tertiary/aromatic N) is 2. The van der Waals surface area contributed by atoms with Crippen LogP contribution in [0.4, 0.5) is 5.69 Å². The fourth-order valence-electron chi connectivity index (χ4n) is 4.26. The van der Waals surface area contributed by atoms with Crippen LogP contribution < -0.4 is 15.5 Å². The first-order chi connectivity index (χ1) is 13.7. The molecule has 5 heteroatoms. The number of rotatable bonds is 6. The van der Waals surface area contributed by atoms with Crippen molar-refractivity contribution < 1.29 is 0 Å². The summed E-state index contributed by atoms with van der Waals surface area (Å²) in [7, 11) is 1.85. The molecule has 1 saturated carbocycles. The lowest BCUT2D eigenvalue weighted by molar-refractivity contribution is 0.665. The van der Waals surface area contributed by atoms with Crippen LogP contribution in [0.15, 0.2) is 59.6 Å². The second kappa shape index (κ2) is 10.3. The Balaban J connectivity index is 0.00000240. The molecule has 0 bridgehead atoms. The maximum absolute atomic E-state index is 4.43. The van der Waals surface area contributed by atoms with Crippen LogP contribution in [0.1, 0.15) is 49.3 Å². The first-order valence-electron chi connectivity index (χ1n) is 10.6. The zero-order chi connectivity index (χ0) is 19.3. The van der Waals surface area contributed by atoms with E-state index in [9.17, 15) is 0 Å². The van der Waals surface area contributed by atoms with E-state index in [4.69, 9.17) is 0 Å². The lowest BCUT2D eigenvalue weighted by Crippen LogP contribution is -2.39. The van der Waals surface area contributed by atoms with Gasteiger partial charge in [-0.05, 0) is 61.3 Å². The Labute approximate surface area is 192 Å². The van der Waals surface area contributed by atoms with Crippen molar-refractivity contribution in [1.82, 2.24) is 10.6 Å². The summed E-state index contributed by atoms with van der Waals surface area (Å²) in [5.74, 6) is 2.29. The van der Waals surface area contributed by atoms with E-state index in [0.717, 1.165) is 12.5 Å². The van der Waals surface area contributed by atoms with E-state index in [1.54, 1.807) is 0 Å². The molecule has 4 rings (SSSR count). The summed E-state index contributed by atoms with van der Waals surface area (Å²) < 4.78 is 0. The minimum Gasteiger partial charge on any atom is -0.372 e. The molecular formula is C24H33IN4. The predicted octanol–water partition coefficient (Wildman–Crippen LogP) is 4.93. The average molecular weight is 504 g/mol. The van der Waals surface area contributed by atoms with Gasteiger partial charge in [-0.2, -0.15) is 0 Å². The van der Waals surface area contributed by atoms with Gasteiger partial charge in [0, 0.05) is 32.4 Å². The third-order valence-corrected chi connectivity index (χ3v) is 6.10. The Kier molecular flexibility index (Phi) is 7.81. The van der Waals surface area contributed by atoms with E-state index in [0.29, 0.717) is 11.8 Å². The molecule has 156 valence electrons. The number of hydrogen-bond donors (Lipinski definition) is 2. The molecule has 3 atom stereocenters. The Bertz CT molecular complexity index is 802. The monoisotopic (exact) mass is 504 g/mol. The molecule has 3 unspecified atom stereocenters. The standard InChI is InChI=1S/C24H32N4.HI/c1-18(20-11-8-12-22(15-20)28-13-6-7-14-28)27-24(25-2)26-17-21-16-23(21)19-9-4-3-5-10-19;/h3-5,8-12,15,18,21,23H,6-7,13-14,16-17H2,1-2H3,(H2,25,26,27);1H. The summed E-state index contributed by atoms with van der Waals surface area (Å²) in [6, 6.07) is 20.0. The van der Waals surface area contributed by atoms with Gasteiger partial charge in [0.2, 0.25) is 0 Å². The van der Waals surface area contributed by atoms with Crippen molar-refractivity contribution >= 4 is 35.6 Å². The zero-order valence-electron chi connectivity index (χ0n) is 17.5. The van der Waals surface area contributed by atoms with Gasteiger partial charge in [0.05, 0.1) is 6.04 Å². The fourth-order valence-corrected chi connectivity index (χ4v) is 4.26. The Morgan fingerprint density at radius 3 is 2.59 bits per heavy atom. The lowest BCUT2D eigenvalue weighted by atomic mass is 10.1. The van der Waals surface area contributed by atoms with Crippen LogP contribution in [0.5, 0.6) is 0 Å². The molecule has 1 aliphatic heterocycles. The lowest BCUT2D eigenvalue weighted by Gasteiger charge is -2.22. The number of guanidine groups is 1. The van der Waals surface area contributed by atoms with E-state index in [1.165, 1.54) is 49.2 Å². The molecular weight excluding hydrogens is 471 g/mol. The van der Waals surface area contributed by atoms with Gasteiger partial charge in [-0.25, -0.2) is 0 Å². The fraction of sp³-hybridized carbons (Fsp3) is 0.458. The van der Waals surface area contributed by atoms with Crippen LogP contribution >= 0.6 is 24.0 Å². The normalized spacial score (nSPS) is 22.0. The first-order valence-corrected chi connectivity index (χ1v) is 10.6. The van der Waals surface area contributed by atoms with E-state index < -0.39 is 0 Å². The number of nitrogens with one attached hydrogen (secondary N) is 2. The number of benzene rings is 2. The van der Waals surface area contributed by atoms with Crippen LogP contribution in [0.2, 0.25) is 0 Å². The van der Waals surface area contributed by atoms with Gasteiger partial charge in [0.1, 0.15) is 0 Å². The smallest absolute Gasteiger partial charge is 0.191 e. The van der Waals surface area contributed by atoms with Gasteiger partial charge in [-0.15, -0.1) is 24.0 Å². The van der Waals surface area contributed by atoms with Gasteiger partial charge in [-0.1, -0.05) is 42.5 Å². The number of hydrogen-bond acceptors (Lipinski definition) is 2. The Hall–Kier alpha value is -1.76. The van der Waals surface area contributed by atoms with E-state index >= 15 is 0 Å². The second-order valence-corrected chi connectivity index (χ2v) is 8.12. The molecule has 29 heavy (non-hydrogen) atoms. The summed E-state index contributed by atoms with van der Waals surface area (Å²) in [6.45, 7) is 5.54. The summed E-state index contributed by atoms with van der Waals surface area (Å²) in [5.41, 5.74) is 4.11. The summed E-state index contributed by atoms with van der Waals surface area (Å²) in [5, 5.41) is 7.09. The molecule has 4 nitrogen and oxygen atoms in total. The second-order valence-electron chi connectivity index (χ2n) is 8.12. The predicted molar refractivity (Wildman–Crippen MR) is 134 cm³/mol. The van der Waals surface area contributed by atoms with Crippen LogP contribution in [0.3, 0.4) is 0 Å². The van der Waals surface area contributed by atoms with Crippen LogP contribution in [0, 0.1) is 5.92 Å². The Morgan fingerprint density at radius 1 is 1.10 bits per heavy atom. The minimum atomic E-state index is 0. The highest BCUT2D eigenvalue weighted by Gasteiger charge is 2.37. The summed E-state index contributed by atoms with van der Waals surface area (Å²) in [6.07, 6.45) is 3.88. The van der Waals surface area contributed by atoms with Crippen molar-refractivity contribution in [1.29, 1.82) is 0 Å². The number of halogens is 1. The molecule has 0 aromatic heterocycles. The maximum atomic E-state index is 4.43. The van der Waals surface area contributed by atoms with E-state index in [1.807, 2.05) is 7.05 Å². The van der Waals surface area contributed by atoms with Crippen LogP contribution in [0.25, 0.3) is 0 Å². The Morgan fingerprint density at radius 2 is 1.86 bits per heavy atom. The van der Waals surface area contributed by atoms with Crippen LogP contribution in [-0.2, 0) is 0 Å². The zero-order valence-corrected chi connectivity index (χ0v) is 19.8. The highest BCUT2D eigenvalue weighted by Crippen LogP contribution is 2.46. The van der Waals surface area contributed by atoms with Crippen LogP contribution in [-0.4, -0.2) is 32.6 Å². The number of aliphatic imine (C=N–C) groups is 1. The largest absolute Gasteiger partial charge is 0.372 e. The molecule has 0 amide bonds. The summed E-state index contributed by atoms with van der Waals surface area (Å²) >= 11 is 0. The van der Waals surface area contributed by atoms with Crippen molar-refractivity contribution in [2.45, 2.75) is 38.1 Å². The van der Waals surface area contributed by atoms with Gasteiger partial charge in [-0.3, -0.25) is 4.99 Å². The third-order valence-electron chi connectivity index (χ3n) is 6.10. The van der Waals surface area contributed by atoms with E-state index in [-0.39, 0.29) is 30.0 Å². The minimum absolute atomic E-state index is 0. The van der Waals surface area contributed by atoms with Gasteiger partial charge in [0.25, 0.3) is 0 Å². The molecule has 2 aromatic carbocycles.